The second kappa shape index (κ2) is 7.46. The Balaban J connectivity index is 1.69. The average Bonchev–Trinajstić information content (AvgIpc) is 2.48. The van der Waals surface area contributed by atoms with Crippen LogP contribution in [0.4, 0.5) is 0 Å². The second-order valence-corrected chi connectivity index (χ2v) is 4.61. The van der Waals surface area contributed by atoms with E-state index >= 15 is 0 Å². The van der Waals surface area contributed by atoms with Gasteiger partial charge in [0, 0.05) is 12.1 Å². The maximum absolute atomic E-state index is 11.9. The first-order valence-electron chi connectivity index (χ1n) is 6.73. The maximum Gasteiger partial charge on any atom is 0.251 e. The molecule has 3 heteroatoms. The fourth-order valence-corrected chi connectivity index (χ4v) is 1.92. The number of carbonyl (C=O) groups is 1. The number of ether oxygens (including phenoxy) is 1. The molecule has 2 rings (SSSR count). The molecule has 0 unspecified atom stereocenters. The number of benzene rings is 2. The molecule has 104 valence electrons. The zero-order chi connectivity index (χ0) is 14.2. The summed E-state index contributed by atoms with van der Waals surface area (Å²) in [6.07, 6.45) is 0. The summed E-state index contributed by atoms with van der Waals surface area (Å²) in [5.74, 6) is -0.0496. The van der Waals surface area contributed by atoms with Crippen molar-refractivity contribution in [2.75, 3.05) is 13.2 Å². The van der Waals surface area contributed by atoms with Gasteiger partial charge in [0.15, 0.2) is 0 Å². The third-order valence-electron chi connectivity index (χ3n) is 3.03. The molecule has 1 N–H and O–H groups in total. The minimum atomic E-state index is -0.0496. The Kier molecular flexibility index (Phi) is 5.33. The van der Waals surface area contributed by atoms with Crippen molar-refractivity contribution in [3.05, 3.63) is 71.3 Å². The third-order valence-corrected chi connectivity index (χ3v) is 3.03. The third kappa shape index (κ3) is 4.21. The molecule has 0 heterocycles. The van der Waals surface area contributed by atoms with E-state index in [0.717, 1.165) is 16.7 Å². The van der Waals surface area contributed by atoms with Crippen LogP contribution < -0.4 is 5.32 Å². The van der Waals surface area contributed by atoms with E-state index in [1.54, 1.807) is 0 Å². The molecule has 2 aromatic carbocycles. The highest BCUT2D eigenvalue weighted by Gasteiger charge is 2.06. The second-order valence-electron chi connectivity index (χ2n) is 4.61. The fraction of sp³-hybridized carbons (Fsp3) is 0.235. The van der Waals surface area contributed by atoms with Crippen LogP contribution in [0.1, 0.15) is 21.5 Å². The van der Waals surface area contributed by atoms with E-state index in [1.165, 1.54) is 0 Å². The summed E-state index contributed by atoms with van der Waals surface area (Å²) in [7, 11) is 0. The monoisotopic (exact) mass is 269 g/mol. The van der Waals surface area contributed by atoms with Crippen molar-refractivity contribution < 1.29 is 9.53 Å². The summed E-state index contributed by atoms with van der Waals surface area (Å²) in [5.41, 5.74) is 2.84. The van der Waals surface area contributed by atoms with Gasteiger partial charge in [-0.1, -0.05) is 48.5 Å². The quantitative estimate of drug-likeness (QED) is 0.819. The Morgan fingerprint density at radius 1 is 1.05 bits per heavy atom. The summed E-state index contributed by atoms with van der Waals surface area (Å²) in [4.78, 5) is 11.9. The first-order chi connectivity index (χ1) is 9.77. The molecule has 0 aliphatic heterocycles. The minimum Gasteiger partial charge on any atom is -0.375 e. The summed E-state index contributed by atoms with van der Waals surface area (Å²) in [6, 6.07) is 17.5. The molecule has 1 amide bonds. The van der Waals surface area contributed by atoms with E-state index in [-0.39, 0.29) is 5.91 Å². The van der Waals surface area contributed by atoms with Crippen molar-refractivity contribution >= 4 is 5.91 Å². The highest BCUT2D eigenvalue weighted by atomic mass is 16.5. The molecule has 2 aromatic rings. The molecule has 0 aromatic heterocycles. The van der Waals surface area contributed by atoms with Crippen molar-refractivity contribution in [1.82, 2.24) is 5.32 Å². The highest BCUT2D eigenvalue weighted by molar-refractivity contribution is 5.95. The lowest BCUT2D eigenvalue weighted by Gasteiger charge is -2.08. The number of aryl methyl sites for hydroxylation is 1. The van der Waals surface area contributed by atoms with Crippen molar-refractivity contribution in [3.8, 4) is 0 Å². The van der Waals surface area contributed by atoms with Crippen LogP contribution in [0.15, 0.2) is 54.6 Å². The smallest absolute Gasteiger partial charge is 0.251 e. The summed E-state index contributed by atoms with van der Waals surface area (Å²) in [6.45, 7) is 3.52. The van der Waals surface area contributed by atoms with Crippen LogP contribution in [0.3, 0.4) is 0 Å². The zero-order valence-electron chi connectivity index (χ0n) is 11.6. The van der Waals surface area contributed by atoms with Crippen LogP contribution in [-0.4, -0.2) is 19.1 Å². The molecule has 0 aliphatic carbocycles. The van der Waals surface area contributed by atoms with Crippen LogP contribution in [-0.2, 0) is 11.3 Å². The molecule has 20 heavy (non-hydrogen) atoms. The highest BCUT2D eigenvalue weighted by Crippen LogP contribution is 2.06. The van der Waals surface area contributed by atoms with E-state index in [9.17, 15) is 4.79 Å². The summed E-state index contributed by atoms with van der Waals surface area (Å²) < 4.78 is 5.52. The van der Waals surface area contributed by atoms with E-state index in [2.05, 4.69) is 5.32 Å². The van der Waals surface area contributed by atoms with Gasteiger partial charge in [0.05, 0.1) is 13.2 Å². The van der Waals surface area contributed by atoms with E-state index < -0.39 is 0 Å². The van der Waals surface area contributed by atoms with Crippen LogP contribution in [0.25, 0.3) is 0 Å². The molecular formula is C17H19NO2. The Hall–Kier alpha value is -2.13. The fourth-order valence-electron chi connectivity index (χ4n) is 1.92. The minimum absolute atomic E-state index is 0.0496. The molecule has 0 fully saturated rings. The van der Waals surface area contributed by atoms with Gasteiger partial charge in [-0.05, 0) is 24.1 Å². The normalized spacial score (nSPS) is 10.2. The van der Waals surface area contributed by atoms with Crippen molar-refractivity contribution in [1.29, 1.82) is 0 Å². The Labute approximate surface area is 119 Å². The average molecular weight is 269 g/mol. The Morgan fingerprint density at radius 2 is 1.75 bits per heavy atom. The van der Waals surface area contributed by atoms with Gasteiger partial charge in [-0.25, -0.2) is 0 Å². The lowest BCUT2D eigenvalue weighted by molar-refractivity contribution is 0.0900. The van der Waals surface area contributed by atoms with Crippen LogP contribution in [0.2, 0.25) is 0 Å². The topological polar surface area (TPSA) is 38.3 Å². The number of hydrogen-bond donors (Lipinski definition) is 1. The predicted octanol–water partition coefficient (Wildman–Crippen LogP) is 2.94. The molecule has 0 bridgehead atoms. The summed E-state index contributed by atoms with van der Waals surface area (Å²) >= 11 is 0. The molecule has 0 radical (unpaired) electrons. The molecular weight excluding hydrogens is 250 g/mol. The maximum atomic E-state index is 11.9. The standard InChI is InChI=1S/C17H19NO2/c1-14-7-5-6-10-16(14)17(19)18-11-12-20-13-15-8-3-2-4-9-15/h2-10H,11-13H2,1H3,(H,18,19). The van der Waals surface area contributed by atoms with Crippen LogP contribution in [0, 0.1) is 6.92 Å². The SMILES string of the molecule is Cc1ccccc1C(=O)NCCOCc1ccccc1. The zero-order valence-corrected chi connectivity index (χ0v) is 11.6. The molecule has 0 saturated carbocycles. The van der Waals surface area contributed by atoms with Gasteiger partial charge in [0.25, 0.3) is 5.91 Å². The van der Waals surface area contributed by atoms with E-state index in [4.69, 9.17) is 4.74 Å². The molecule has 0 aliphatic rings. The molecule has 0 spiro atoms. The number of amides is 1. The van der Waals surface area contributed by atoms with Crippen molar-refractivity contribution in [2.45, 2.75) is 13.5 Å². The van der Waals surface area contributed by atoms with Gasteiger partial charge in [-0.2, -0.15) is 0 Å². The van der Waals surface area contributed by atoms with E-state index in [0.29, 0.717) is 19.8 Å². The van der Waals surface area contributed by atoms with Gasteiger partial charge >= 0.3 is 0 Å². The van der Waals surface area contributed by atoms with Gasteiger partial charge in [-0.3, -0.25) is 4.79 Å². The molecule has 0 saturated heterocycles. The van der Waals surface area contributed by atoms with Crippen molar-refractivity contribution in [3.63, 3.8) is 0 Å². The Morgan fingerprint density at radius 3 is 2.50 bits per heavy atom. The Bertz CT molecular complexity index is 552. The molecule has 0 atom stereocenters. The van der Waals surface area contributed by atoms with Gasteiger partial charge in [0.2, 0.25) is 0 Å². The van der Waals surface area contributed by atoms with Crippen molar-refractivity contribution in [2.24, 2.45) is 0 Å². The van der Waals surface area contributed by atoms with E-state index in [1.807, 2.05) is 61.5 Å². The largest absolute Gasteiger partial charge is 0.375 e. The van der Waals surface area contributed by atoms with Gasteiger partial charge < -0.3 is 10.1 Å². The van der Waals surface area contributed by atoms with Crippen LogP contribution >= 0.6 is 0 Å². The first-order valence-corrected chi connectivity index (χ1v) is 6.73. The predicted molar refractivity (Wildman–Crippen MR) is 79.6 cm³/mol. The number of nitrogens with one attached hydrogen (secondary N) is 1. The number of hydrogen-bond acceptors (Lipinski definition) is 2. The van der Waals surface area contributed by atoms with Crippen LogP contribution in [0.5, 0.6) is 0 Å². The van der Waals surface area contributed by atoms with Gasteiger partial charge in [-0.15, -0.1) is 0 Å². The van der Waals surface area contributed by atoms with Gasteiger partial charge in [0.1, 0.15) is 0 Å². The number of rotatable bonds is 6. The summed E-state index contributed by atoms with van der Waals surface area (Å²) in [5, 5.41) is 2.86. The molecule has 3 nitrogen and oxygen atoms in total. The lowest BCUT2D eigenvalue weighted by Crippen LogP contribution is -2.27. The number of carbonyl (C=O) groups excluding carboxylic acids is 1. The lowest BCUT2D eigenvalue weighted by atomic mass is 10.1. The first kappa shape index (κ1) is 14.3.